The van der Waals surface area contributed by atoms with Crippen molar-refractivity contribution in [2.45, 2.75) is 16.6 Å². The number of hydrogen-bond acceptors (Lipinski definition) is 4. The molecule has 118 valence electrons. The van der Waals surface area contributed by atoms with Crippen molar-refractivity contribution in [1.29, 1.82) is 0 Å². The first-order valence-electron chi connectivity index (χ1n) is 7.08. The van der Waals surface area contributed by atoms with Crippen LogP contribution in [0.1, 0.15) is 6.92 Å². The average Bonchev–Trinajstić information content (AvgIpc) is 2.56. The zero-order chi connectivity index (χ0) is 16.4. The molecule has 0 unspecified atom stereocenters. The second-order valence-corrected chi connectivity index (χ2v) is 6.73. The maximum atomic E-state index is 12.7. The summed E-state index contributed by atoms with van der Waals surface area (Å²) in [6, 6.07) is 14.5. The fraction of sp³-hybridized carbons (Fsp3) is 0.176. The number of methoxy groups -OCH3 is 1. The topological polar surface area (TPSA) is 67.4 Å². The average molecular weight is 328 g/mol. The SMILES string of the molecule is COc1cccc(NC(=O)[C@]2(C)Sc3ccccc3NC2=O)c1. The fourth-order valence-electron chi connectivity index (χ4n) is 2.27. The lowest BCUT2D eigenvalue weighted by Crippen LogP contribution is -2.49. The third-order valence-electron chi connectivity index (χ3n) is 3.64. The second kappa shape index (κ2) is 5.96. The van der Waals surface area contributed by atoms with E-state index in [0.29, 0.717) is 11.4 Å². The number of para-hydroxylation sites is 1. The highest BCUT2D eigenvalue weighted by molar-refractivity contribution is 8.02. The van der Waals surface area contributed by atoms with Crippen molar-refractivity contribution < 1.29 is 14.3 Å². The lowest BCUT2D eigenvalue weighted by atomic mass is 10.1. The Hall–Kier alpha value is -2.47. The molecule has 0 aliphatic carbocycles. The number of benzene rings is 2. The predicted octanol–water partition coefficient (Wildman–Crippen LogP) is 3.14. The van der Waals surface area contributed by atoms with Crippen LogP contribution in [0.4, 0.5) is 11.4 Å². The van der Waals surface area contributed by atoms with Crippen molar-refractivity contribution in [3.63, 3.8) is 0 Å². The highest BCUT2D eigenvalue weighted by Crippen LogP contribution is 2.42. The molecule has 1 aliphatic rings. The molecule has 2 aromatic rings. The third kappa shape index (κ3) is 2.90. The van der Waals surface area contributed by atoms with Crippen LogP contribution in [-0.4, -0.2) is 23.7 Å². The van der Waals surface area contributed by atoms with E-state index in [1.807, 2.05) is 24.3 Å². The van der Waals surface area contributed by atoms with Crippen molar-refractivity contribution in [1.82, 2.24) is 0 Å². The van der Waals surface area contributed by atoms with E-state index in [0.717, 1.165) is 10.6 Å². The van der Waals surface area contributed by atoms with E-state index in [1.54, 1.807) is 38.3 Å². The Morgan fingerprint density at radius 3 is 2.78 bits per heavy atom. The summed E-state index contributed by atoms with van der Waals surface area (Å²) in [5.74, 6) is -0.0663. The number of anilines is 2. The number of ether oxygens (including phenoxy) is 1. The standard InChI is InChI=1S/C17H16N2O3S/c1-17(15(20)18-11-6-5-7-12(10-11)22-2)16(21)19-13-8-3-4-9-14(13)23-17/h3-10H,1-2H3,(H,18,20)(H,19,21)/t17-/m0/s1. The molecule has 0 saturated heterocycles. The number of amides is 2. The maximum Gasteiger partial charge on any atom is 0.250 e. The normalized spacial score (nSPS) is 19.5. The first kappa shape index (κ1) is 15.4. The highest BCUT2D eigenvalue weighted by atomic mass is 32.2. The molecular formula is C17H16N2O3S. The van der Waals surface area contributed by atoms with Gasteiger partial charge in [-0.25, -0.2) is 0 Å². The number of carbonyl (C=O) groups is 2. The van der Waals surface area contributed by atoms with Gasteiger partial charge in [-0.1, -0.05) is 30.0 Å². The van der Waals surface area contributed by atoms with E-state index < -0.39 is 4.75 Å². The minimum atomic E-state index is -1.24. The van der Waals surface area contributed by atoms with Crippen LogP contribution in [0.5, 0.6) is 5.75 Å². The molecule has 23 heavy (non-hydrogen) atoms. The Labute approximate surface area is 138 Å². The third-order valence-corrected chi connectivity index (χ3v) is 5.00. The Morgan fingerprint density at radius 2 is 2.00 bits per heavy atom. The van der Waals surface area contributed by atoms with Crippen molar-refractivity contribution in [2.24, 2.45) is 0 Å². The van der Waals surface area contributed by atoms with Crippen molar-refractivity contribution in [3.8, 4) is 5.75 Å². The van der Waals surface area contributed by atoms with Crippen LogP contribution in [0.2, 0.25) is 0 Å². The molecule has 0 fully saturated rings. The molecule has 1 aliphatic heterocycles. The summed E-state index contributed by atoms with van der Waals surface area (Å²) in [6.45, 7) is 1.62. The molecule has 1 heterocycles. The summed E-state index contributed by atoms with van der Waals surface area (Å²) in [7, 11) is 1.56. The van der Waals surface area contributed by atoms with E-state index in [1.165, 1.54) is 11.8 Å². The van der Waals surface area contributed by atoms with Crippen molar-refractivity contribution in [3.05, 3.63) is 48.5 Å². The predicted molar refractivity (Wildman–Crippen MR) is 91.0 cm³/mol. The maximum absolute atomic E-state index is 12.7. The number of nitrogens with one attached hydrogen (secondary N) is 2. The summed E-state index contributed by atoms with van der Waals surface area (Å²) in [5, 5.41) is 5.58. The van der Waals surface area contributed by atoms with Crippen LogP contribution >= 0.6 is 11.8 Å². The van der Waals surface area contributed by atoms with Gasteiger partial charge in [0.25, 0.3) is 0 Å². The van der Waals surface area contributed by atoms with Gasteiger partial charge in [-0.2, -0.15) is 0 Å². The van der Waals surface area contributed by atoms with Gasteiger partial charge in [0.15, 0.2) is 4.75 Å². The van der Waals surface area contributed by atoms with Crippen LogP contribution in [0.3, 0.4) is 0 Å². The number of fused-ring (bicyclic) bond motifs is 1. The number of hydrogen-bond donors (Lipinski definition) is 2. The number of rotatable bonds is 3. The van der Waals surface area contributed by atoms with Gasteiger partial charge >= 0.3 is 0 Å². The molecule has 3 rings (SSSR count). The van der Waals surface area contributed by atoms with Crippen LogP contribution in [0, 0.1) is 0 Å². The molecule has 2 aromatic carbocycles. The molecule has 0 bridgehead atoms. The van der Waals surface area contributed by atoms with Gasteiger partial charge in [-0.15, -0.1) is 0 Å². The molecule has 6 heteroatoms. The summed E-state index contributed by atoms with van der Waals surface area (Å²) in [6.07, 6.45) is 0. The molecule has 0 radical (unpaired) electrons. The van der Waals surface area contributed by atoms with Crippen LogP contribution in [-0.2, 0) is 9.59 Å². The van der Waals surface area contributed by atoms with Crippen LogP contribution in [0.25, 0.3) is 0 Å². The molecule has 0 spiro atoms. The largest absolute Gasteiger partial charge is 0.497 e. The monoisotopic (exact) mass is 328 g/mol. The van der Waals surface area contributed by atoms with Gasteiger partial charge in [-0.3, -0.25) is 9.59 Å². The molecule has 0 aromatic heterocycles. The quantitative estimate of drug-likeness (QED) is 0.850. The molecular weight excluding hydrogens is 312 g/mol. The first-order chi connectivity index (χ1) is 11.0. The van der Waals surface area contributed by atoms with E-state index in [2.05, 4.69) is 10.6 Å². The molecule has 2 amide bonds. The Morgan fingerprint density at radius 1 is 1.22 bits per heavy atom. The highest BCUT2D eigenvalue weighted by Gasteiger charge is 2.45. The molecule has 5 nitrogen and oxygen atoms in total. The summed E-state index contributed by atoms with van der Waals surface area (Å²) in [4.78, 5) is 26.0. The van der Waals surface area contributed by atoms with Gasteiger partial charge in [0.05, 0.1) is 12.8 Å². The molecule has 2 N–H and O–H groups in total. The van der Waals surface area contributed by atoms with Gasteiger partial charge < -0.3 is 15.4 Å². The first-order valence-corrected chi connectivity index (χ1v) is 7.89. The van der Waals surface area contributed by atoms with Crippen molar-refractivity contribution in [2.75, 3.05) is 17.7 Å². The van der Waals surface area contributed by atoms with E-state index >= 15 is 0 Å². The summed E-state index contributed by atoms with van der Waals surface area (Å²) < 4.78 is 3.90. The van der Waals surface area contributed by atoms with Gasteiger partial charge in [0.1, 0.15) is 5.75 Å². The van der Waals surface area contributed by atoms with Gasteiger partial charge in [0, 0.05) is 16.6 Å². The van der Waals surface area contributed by atoms with Crippen LogP contribution < -0.4 is 15.4 Å². The Bertz CT molecular complexity index is 778. The second-order valence-electron chi connectivity index (χ2n) is 5.27. The minimum Gasteiger partial charge on any atom is -0.497 e. The lowest BCUT2D eigenvalue weighted by molar-refractivity contribution is -0.126. The lowest BCUT2D eigenvalue weighted by Gasteiger charge is -2.31. The molecule has 1 atom stereocenters. The zero-order valence-corrected chi connectivity index (χ0v) is 13.6. The van der Waals surface area contributed by atoms with Gasteiger partial charge in [0.2, 0.25) is 11.8 Å². The smallest absolute Gasteiger partial charge is 0.250 e. The summed E-state index contributed by atoms with van der Waals surface area (Å²) in [5.41, 5.74) is 1.32. The number of thioether (sulfide) groups is 1. The Kier molecular flexibility index (Phi) is 4.00. The zero-order valence-electron chi connectivity index (χ0n) is 12.8. The van der Waals surface area contributed by atoms with Gasteiger partial charge in [-0.05, 0) is 31.2 Å². The number of carbonyl (C=O) groups excluding carboxylic acids is 2. The summed E-state index contributed by atoms with van der Waals surface area (Å²) >= 11 is 1.25. The van der Waals surface area contributed by atoms with E-state index in [9.17, 15) is 9.59 Å². The van der Waals surface area contributed by atoms with E-state index in [4.69, 9.17) is 4.74 Å². The van der Waals surface area contributed by atoms with Crippen molar-refractivity contribution >= 4 is 35.0 Å². The van der Waals surface area contributed by atoms with E-state index in [-0.39, 0.29) is 11.8 Å². The molecule has 0 saturated carbocycles. The minimum absolute atomic E-state index is 0.332. The fourth-order valence-corrected chi connectivity index (χ4v) is 3.37. The Balaban J connectivity index is 1.85. The van der Waals surface area contributed by atoms with Crippen LogP contribution in [0.15, 0.2) is 53.4 Å².